The molecule has 0 aromatic heterocycles. The summed E-state index contributed by atoms with van der Waals surface area (Å²) in [5.41, 5.74) is 0.602. The van der Waals surface area contributed by atoms with Crippen molar-refractivity contribution in [2.45, 2.75) is 31.0 Å². The molecule has 1 aromatic rings. The summed E-state index contributed by atoms with van der Waals surface area (Å²) in [7, 11) is 0. The van der Waals surface area contributed by atoms with Crippen LogP contribution in [0.2, 0.25) is 0 Å². The van der Waals surface area contributed by atoms with Crippen molar-refractivity contribution in [3.63, 3.8) is 0 Å². The van der Waals surface area contributed by atoms with Crippen molar-refractivity contribution >= 4 is 0 Å². The van der Waals surface area contributed by atoms with Crippen LogP contribution in [0.5, 0.6) is 5.75 Å². The number of fused-ring (bicyclic) bond motifs is 1. The van der Waals surface area contributed by atoms with Crippen LogP contribution in [0.25, 0.3) is 0 Å². The van der Waals surface area contributed by atoms with Crippen molar-refractivity contribution in [3.8, 4) is 5.75 Å². The van der Waals surface area contributed by atoms with Crippen LogP contribution in [0.1, 0.15) is 30.9 Å². The van der Waals surface area contributed by atoms with E-state index in [4.69, 9.17) is 9.47 Å². The first-order chi connectivity index (χ1) is 7.79. The molecule has 1 fully saturated rings. The minimum Gasteiger partial charge on any atom is -0.484 e. The van der Waals surface area contributed by atoms with Gasteiger partial charge in [-0.15, -0.1) is 0 Å². The zero-order valence-corrected chi connectivity index (χ0v) is 9.19. The fourth-order valence-corrected chi connectivity index (χ4v) is 2.65. The second kappa shape index (κ2) is 3.75. The Kier molecular flexibility index (Phi) is 2.37. The summed E-state index contributed by atoms with van der Waals surface area (Å²) in [5.74, 6) is 0.812. The second-order valence-corrected chi connectivity index (χ2v) is 4.70. The molecule has 1 aromatic carbocycles. The van der Waals surface area contributed by atoms with Crippen LogP contribution in [0.3, 0.4) is 0 Å². The lowest BCUT2D eigenvalue weighted by atomic mass is 9.85. The van der Waals surface area contributed by atoms with Crippen molar-refractivity contribution in [1.29, 1.82) is 0 Å². The molecule has 1 spiro atoms. The van der Waals surface area contributed by atoms with E-state index in [2.05, 4.69) is 0 Å². The van der Waals surface area contributed by atoms with E-state index in [9.17, 15) is 5.11 Å². The zero-order valence-electron chi connectivity index (χ0n) is 9.19. The van der Waals surface area contributed by atoms with E-state index in [0.29, 0.717) is 13.0 Å². The van der Waals surface area contributed by atoms with E-state index in [0.717, 1.165) is 30.8 Å². The summed E-state index contributed by atoms with van der Waals surface area (Å²) in [4.78, 5) is 0. The lowest BCUT2D eigenvalue weighted by Crippen LogP contribution is -2.47. The first kappa shape index (κ1) is 10.1. The number of benzene rings is 1. The fraction of sp³-hybridized carbons (Fsp3) is 0.538. The molecule has 3 rings (SSSR count). The average molecular weight is 220 g/mol. The van der Waals surface area contributed by atoms with Crippen molar-refractivity contribution < 1.29 is 14.6 Å². The molecule has 2 aliphatic rings. The summed E-state index contributed by atoms with van der Waals surface area (Å²) in [6, 6.07) is 7.72. The highest BCUT2D eigenvalue weighted by molar-refractivity contribution is 5.38. The van der Waals surface area contributed by atoms with E-state index >= 15 is 0 Å². The van der Waals surface area contributed by atoms with Gasteiger partial charge in [0.1, 0.15) is 11.4 Å². The van der Waals surface area contributed by atoms with Gasteiger partial charge in [0.2, 0.25) is 0 Å². The summed E-state index contributed by atoms with van der Waals surface area (Å²) in [6.07, 6.45) is 2.20. The van der Waals surface area contributed by atoms with Gasteiger partial charge in [-0.2, -0.15) is 0 Å². The third-order valence-electron chi connectivity index (χ3n) is 3.46. The third-order valence-corrected chi connectivity index (χ3v) is 3.46. The average Bonchev–Trinajstić information content (AvgIpc) is 2.30. The highest BCUT2D eigenvalue weighted by atomic mass is 16.5. The first-order valence-electron chi connectivity index (χ1n) is 5.83. The molecule has 86 valence electrons. The number of hydrogen-bond acceptors (Lipinski definition) is 3. The van der Waals surface area contributed by atoms with Gasteiger partial charge in [-0.3, -0.25) is 0 Å². The Morgan fingerprint density at radius 2 is 2.19 bits per heavy atom. The minimum atomic E-state index is -0.424. The summed E-state index contributed by atoms with van der Waals surface area (Å²) >= 11 is 0. The first-order valence-corrected chi connectivity index (χ1v) is 5.83. The quantitative estimate of drug-likeness (QED) is 0.727. The number of aliphatic hydroxyl groups excluding tert-OH is 1. The third kappa shape index (κ3) is 1.60. The molecule has 2 aliphatic heterocycles. The van der Waals surface area contributed by atoms with Gasteiger partial charge >= 0.3 is 0 Å². The molecule has 0 amide bonds. The van der Waals surface area contributed by atoms with Crippen LogP contribution >= 0.6 is 0 Å². The number of para-hydroxylation sites is 1. The van der Waals surface area contributed by atoms with Crippen LogP contribution in [0.4, 0.5) is 0 Å². The maximum atomic E-state index is 10.1. The predicted octanol–water partition coefficient (Wildman–Crippen LogP) is 2.05. The van der Waals surface area contributed by atoms with Crippen molar-refractivity contribution in [3.05, 3.63) is 29.8 Å². The summed E-state index contributed by atoms with van der Waals surface area (Å²) < 4.78 is 11.5. The lowest BCUT2D eigenvalue weighted by molar-refractivity contribution is -0.103. The highest BCUT2D eigenvalue weighted by Gasteiger charge is 2.41. The molecule has 0 radical (unpaired) electrons. The normalized spacial score (nSPS) is 33.2. The molecule has 1 unspecified atom stereocenters. The molecule has 0 aliphatic carbocycles. The van der Waals surface area contributed by atoms with Crippen molar-refractivity contribution in [2.24, 2.45) is 0 Å². The molecule has 1 saturated heterocycles. The Morgan fingerprint density at radius 3 is 3.00 bits per heavy atom. The van der Waals surface area contributed by atoms with Crippen LogP contribution in [-0.2, 0) is 4.74 Å². The molecule has 0 bridgehead atoms. The molecular formula is C13H16O3. The molecule has 0 saturated carbocycles. The highest BCUT2D eigenvalue weighted by Crippen LogP contribution is 2.42. The zero-order chi connectivity index (χ0) is 11.0. The van der Waals surface area contributed by atoms with Gasteiger partial charge in [0, 0.05) is 18.6 Å². The largest absolute Gasteiger partial charge is 0.484 e. The van der Waals surface area contributed by atoms with Gasteiger partial charge in [-0.25, -0.2) is 0 Å². The SMILES string of the molecule is O[C@@H]1CC2(CCCOC2)Oc2ccccc21. The Balaban J connectivity index is 1.93. The van der Waals surface area contributed by atoms with Crippen molar-refractivity contribution in [2.75, 3.05) is 13.2 Å². The Hall–Kier alpha value is -1.06. The summed E-state index contributed by atoms with van der Waals surface area (Å²) in [5, 5.41) is 10.1. The van der Waals surface area contributed by atoms with Gasteiger partial charge < -0.3 is 14.6 Å². The van der Waals surface area contributed by atoms with Gasteiger partial charge in [-0.05, 0) is 18.9 Å². The minimum absolute atomic E-state index is 0.300. The number of aliphatic hydroxyl groups is 1. The Bertz CT molecular complexity index is 383. The Labute approximate surface area is 95.0 Å². The van der Waals surface area contributed by atoms with Gasteiger partial charge in [0.05, 0.1) is 12.7 Å². The van der Waals surface area contributed by atoms with E-state index in [1.54, 1.807) is 0 Å². The molecule has 2 atom stereocenters. The van der Waals surface area contributed by atoms with Gasteiger partial charge in [0.25, 0.3) is 0 Å². The van der Waals surface area contributed by atoms with E-state index in [1.165, 1.54) is 0 Å². The van der Waals surface area contributed by atoms with Gasteiger partial charge in [0.15, 0.2) is 0 Å². The van der Waals surface area contributed by atoms with Crippen LogP contribution in [-0.4, -0.2) is 23.9 Å². The van der Waals surface area contributed by atoms with Gasteiger partial charge in [-0.1, -0.05) is 18.2 Å². The molecule has 3 nitrogen and oxygen atoms in total. The number of rotatable bonds is 0. The lowest BCUT2D eigenvalue weighted by Gasteiger charge is -2.42. The molecule has 3 heteroatoms. The van der Waals surface area contributed by atoms with E-state index in [1.807, 2.05) is 24.3 Å². The Morgan fingerprint density at radius 1 is 1.31 bits per heavy atom. The van der Waals surface area contributed by atoms with E-state index < -0.39 is 6.10 Å². The van der Waals surface area contributed by atoms with Crippen LogP contribution < -0.4 is 4.74 Å². The predicted molar refractivity (Wildman–Crippen MR) is 59.4 cm³/mol. The topological polar surface area (TPSA) is 38.7 Å². The maximum absolute atomic E-state index is 10.1. The second-order valence-electron chi connectivity index (χ2n) is 4.70. The molecule has 16 heavy (non-hydrogen) atoms. The standard InChI is InChI=1S/C13H16O3/c14-11-8-13(6-3-7-15-9-13)16-12-5-2-1-4-10(11)12/h1-2,4-5,11,14H,3,6-9H2/t11-,13?/m1/s1. The maximum Gasteiger partial charge on any atom is 0.135 e. The summed E-state index contributed by atoms with van der Waals surface area (Å²) in [6.45, 7) is 1.40. The van der Waals surface area contributed by atoms with Crippen LogP contribution in [0, 0.1) is 0 Å². The van der Waals surface area contributed by atoms with Crippen molar-refractivity contribution in [1.82, 2.24) is 0 Å². The monoisotopic (exact) mass is 220 g/mol. The molecular weight excluding hydrogens is 204 g/mol. The fourth-order valence-electron chi connectivity index (χ4n) is 2.65. The smallest absolute Gasteiger partial charge is 0.135 e. The number of hydrogen-bond donors (Lipinski definition) is 1. The molecule has 1 N–H and O–H groups in total. The van der Waals surface area contributed by atoms with E-state index in [-0.39, 0.29) is 5.60 Å². The number of ether oxygens (including phenoxy) is 2. The van der Waals surface area contributed by atoms with Crippen LogP contribution in [0.15, 0.2) is 24.3 Å². The molecule has 2 heterocycles.